The van der Waals surface area contributed by atoms with Crippen molar-refractivity contribution in [2.24, 2.45) is 0 Å². The molecule has 2 N–H and O–H groups in total. The highest BCUT2D eigenvalue weighted by Gasteiger charge is 2.30. The summed E-state index contributed by atoms with van der Waals surface area (Å²) in [4.78, 5) is 18.5. The summed E-state index contributed by atoms with van der Waals surface area (Å²) in [5.74, 6) is 0. The fraction of sp³-hybridized carbons (Fsp3) is 0.421. The zero-order chi connectivity index (χ0) is 17.6. The second-order valence-corrected chi connectivity index (χ2v) is 7.53. The summed E-state index contributed by atoms with van der Waals surface area (Å²) in [6.45, 7) is 6.25. The number of nitrogens with zero attached hydrogens (tertiary/aromatic N) is 2. The fourth-order valence-corrected chi connectivity index (χ4v) is 4.24. The normalized spacial score (nSPS) is 18.5. The van der Waals surface area contributed by atoms with Crippen molar-refractivity contribution in [3.05, 3.63) is 52.7 Å². The van der Waals surface area contributed by atoms with E-state index in [2.05, 4.69) is 51.9 Å². The van der Waals surface area contributed by atoms with E-state index in [9.17, 15) is 4.79 Å². The third-order valence-electron chi connectivity index (χ3n) is 4.63. The highest BCUT2D eigenvalue weighted by atomic mass is 32.1. The number of para-hydroxylation sites is 1. The first kappa shape index (κ1) is 17.9. The van der Waals surface area contributed by atoms with Gasteiger partial charge in [-0.05, 0) is 37.6 Å². The quantitative estimate of drug-likeness (QED) is 0.863. The Labute approximate surface area is 153 Å². The lowest BCUT2D eigenvalue weighted by Crippen LogP contribution is -2.51. The first-order valence-corrected chi connectivity index (χ1v) is 9.60. The molecule has 6 heteroatoms. The monoisotopic (exact) mass is 358 g/mol. The van der Waals surface area contributed by atoms with Crippen LogP contribution in [0.3, 0.4) is 0 Å². The minimum atomic E-state index is -0.158. The van der Waals surface area contributed by atoms with Crippen LogP contribution in [-0.4, -0.2) is 55.1 Å². The smallest absolute Gasteiger partial charge is 0.319 e. The summed E-state index contributed by atoms with van der Waals surface area (Å²) in [5, 5.41) is 8.14. The van der Waals surface area contributed by atoms with Gasteiger partial charge in [-0.3, -0.25) is 4.90 Å². The predicted molar refractivity (Wildman–Crippen MR) is 104 cm³/mol. The van der Waals surface area contributed by atoms with E-state index in [4.69, 9.17) is 0 Å². The molecule has 1 aliphatic heterocycles. The molecule has 25 heavy (non-hydrogen) atoms. The molecule has 2 atom stereocenters. The molecule has 134 valence electrons. The van der Waals surface area contributed by atoms with Crippen LogP contribution in [0.5, 0.6) is 0 Å². The topological polar surface area (TPSA) is 47.6 Å². The molecule has 0 spiro atoms. The minimum Gasteiger partial charge on any atom is -0.333 e. The van der Waals surface area contributed by atoms with Crippen molar-refractivity contribution in [2.45, 2.75) is 19.0 Å². The Morgan fingerprint density at radius 1 is 1.08 bits per heavy atom. The first-order chi connectivity index (χ1) is 12.1. The van der Waals surface area contributed by atoms with Crippen LogP contribution in [0.25, 0.3) is 0 Å². The van der Waals surface area contributed by atoms with E-state index < -0.39 is 0 Å². The maximum atomic E-state index is 12.4. The lowest BCUT2D eigenvalue weighted by Gasteiger charge is -2.40. The van der Waals surface area contributed by atoms with Gasteiger partial charge in [0.25, 0.3) is 0 Å². The molecule has 0 bridgehead atoms. The highest BCUT2D eigenvalue weighted by Crippen LogP contribution is 2.29. The van der Waals surface area contributed by atoms with E-state index in [1.807, 2.05) is 30.3 Å². The Hall–Kier alpha value is -1.89. The van der Waals surface area contributed by atoms with Gasteiger partial charge in [-0.1, -0.05) is 24.3 Å². The molecule has 1 aromatic carbocycles. The highest BCUT2D eigenvalue weighted by molar-refractivity contribution is 7.10. The average Bonchev–Trinajstić information content (AvgIpc) is 3.11. The van der Waals surface area contributed by atoms with Crippen LogP contribution < -0.4 is 10.6 Å². The van der Waals surface area contributed by atoms with Gasteiger partial charge < -0.3 is 15.5 Å². The van der Waals surface area contributed by atoms with Crippen molar-refractivity contribution in [2.75, 3.05) is 38.5 Å². The van der Waals surface area contributed by atoms with Gasteiger partial charge in [-0.2, -0.15) is 0 Å². The molecular weight excluding hydrogens is 332 g/mol. The third kappa shape index (κ3) is 4.81. The summed E-state index contributed by atoms with van der Waals surface area (Å²) in [7, 11) is 2.16. The fourth-order valence-electron chi connectivity index (χ4n) is 3.28. The molecule has 1 aromatic heterocycles. The number of amides is 2. The summed E-state index contributed by atoms with van der Waals surface area (Å²) in [6.07, 6.45) is 0. The maximum Gasteiger partial charge on any atom is 0.319 e. The number of carbonyl (C=O) groups excluding carboxylic acids is 1. The molecule has 1 aliphatic rings. The van der Waals surface area contributed by atoms with Crippen LogP contribution in [-0.2, 0) is 0 Å². The zero-order valence-electron chi connectivity index (χ0n) is 14.8. The largest absolute Gasteiger partial charge is 0.333 e. The Morgan fingerprint density at radius 3 is 2.44 bits per heavy atom. The third-order valence-corrected chi connectivity index (χ3v) is 5.57. The maximum absolute atomic E-state index is 12.4. The number of urea groups is 1. The molecule has 0 radical (unpaired) electrons. The van der Waals surface area contributed by atoms with Crippen LogP contribution in [0.4, 0.5) is 10.5 Å². The SMILES string of the molecule is C[C@@H](NC(=O)Nc1ccccc1)[C@@H](c1cccs1)N1CCN(C)CC1. The number of rotatable bonds is 5. The Bertz CT molecular complexity index is 653. The Balaban J connectivity index is 1.66. The van der Waals surface area contributed by atoms with E-state index in [-0.39, 0.29) is 18.1 Å². The molecule has 2 amide bonds. The molecular formula is C19H26N4OS. The molecule has 5 nitrogen and oxygen atoms in total. The van der Waals surface area contributed by atoms with Crippen LogP contribution in [0.2, 0.25) is 0 Å². The molecule has 0 aliphatic carbocycles. The van der Waals surface area contributed by atoms with Gasteiger partial charge in [0.05, 0.1) is 6.04 Å². The van der Waals surface area contributed by atoms with Crippen molar-refractivity contribution >= 4 is 23.1 Å². The number of likely N-dealkylation sites (N-methyl/N-ethyl adjacent to an activating group) is 1. The van der Waals surface area contributed by atoms with E-state index in [1.54, 1.807) is 11.3 Å². The molecule has 1 fully saturated rings. The molecule has 1 saturated heterocycles. The van der Waals surface area contributed by atoms with Crippen molar-refractivity contribution in [1.82, 2.24) is 15.1 Å². The predicted octanol–water partition coefficient (Wildman–Crippen LogP) is 3.25. The standard InChI is InChI=1S/C19H26N4OS/c1-15(20-19(24)21-16-7-4-3-5-8-16)18(17-9-6-14-25-17)23-12-10-22(2)11-13-23/h3-9,14-15,18H,10-13H2,1-2H3,(H2,20,21,24)/t15-,18+/m1/s1. The van der Waals surface area contributed by atoms with Gasteiger partial charge in [0.15, 0.2) is 0 Å². The molecule has 0 saturated carbocycles. The van der Waals surface area contributed by atoms with Crippen molar-refractivity contribution in [1.29, 1.82) is 0 Å². The van der Waals surface area contributed by atoms with Crippen LogP contribution in [0, 0.1) is 0 Å². The Morgan fingerprint density at radius 2 is 1.80 bits per heavy atom. The number of benzene rings is 1. The Kier molecular flexibility index (Phi) is 6.07. The lowest BCUT2D eigenvalue weighted by atomic mass is 10.1. The molecule has 2 aromatic rings. The van der Waals surface area contributed by atoms with Gasteiger partial charge in [0, 0.05) is 42.8 Å². The molecule has 3 rings (SSSR count). The van der Waals surface area contributed by atoms with Crippen molar-refractivity contribution in [3.8, 4) is 0 Å². The van der Waals surface area contributed by atoms with Gasteiger partial charge in [0.1, 0.15) is 0 Å². The number of piperazine rings is 1. The summed E-state index contributed by atoms with van der Waals surface area (Å²) in [6, 6.07) is 13.9. The van der Waals surface area contributed by atoms with Crippen LogP contribution >= 0.6 is 11.3 Å². The van der Waals surface area contributed by atoms with Gasteiger partial charge >= 0.3 is 6.03 Å². The summed E-state index contributed by atoms with van der Waals surface area (Å²) >= 11 is 1.76. The van der Waals surface area contributed by atoms with Crippen molar-refractivity contribution < 1.29 is 4.79 Å². The van der Waals surface area contributed by atoms with Gasteiger partial charge in [-0.25, -0.2) is 4.79 Å². The summed E-state index contributed by atoms with van der Waals surface area (Å²) in [5.41, 5.74) is 0.805. The summed E-state index contributed by atoms with van der Waals surface area (Å²) < 4.78 is 0. The molecule has 0 unspecified atom stereocenters. The number of carbonyl (C=O) groups is 1. The lowest BCUT2D eigenvalue weighted by molar-refractivity contribution is 0.0971. The number of nitrogens with one attached hydrogen (secondary N) is 2. The second kappa shape index (κ2) is 8.47. The van der Waals surface area contributed by atoms with E-state index in [0.29, 0.717) is 0 Å². The second-order valence-electron chi connectivity index (χ2n) is 6.55. The van der Waals surface area contributed by atoms with Gasteiger partial charge in [-0.15, -0.1) is 11.3 Å². The van der Waals surface area contributed by atoms with E-state index >= 15 is 0 Å². The minimum absolute atomic E-state index is 0.0192. The zero-order valence-corrected chi connectivity index (χ0v) is 15.6. The average molecular weight is 359 g/mol. The van der Waals surface area contributed by atoms with E-state index in [1.165, 1.54) is 4.88 Å². The number of anilines is 1. The van der Waals surface area contributed by atoms with Crippen LogP contribution in [0.1, 0.15) is 17.8 Å². The van der Waals surface area contributed by atoms with E-state index in [0.717, 1.165) is 31.9 Å². The number of hydrogen-bond acceptors (Lipinski definition) is 4. The number of hydrogen-bond donors (Lipinski definition) is 2. The van der Waals surface area contributed by atoms with Crippen molar-refractivity contribution in [3.63, 3.8) is 0 Å². The van der Waals surface area contributed by atoms with Gasteiger partial charge in [0.2, 0.25) is 0 Å². The first-order valence-electron chi connectivity index (χ1n) is 8.72. The number of thiophene rings is 1. The molecule has 2 heterocycles. The van der Waals surface area contributed by atoms with Crippen LogP contribution in [0.15, 0.2) is 47.8 Å².